The van der Waals surface area contributed by atoms with E-state index in [0.29, 0.717) is 0 Å². The smallest absolute Gasteiger partial charge is 0.435 e. The van der Waals surface area contributed by atoms with Gasteiger partial charge >= 0.3 is 12.1 Å². The quantitative estimate of drug-likeness (QED) is 0.830. The molecule has 1 N–H and O–H groups in total. The van der Waals surface area contributed by atoms with E-state index in [1.165, 1.54) is 7.11 Å². The number of halogens is 3. The highest BCUT2D eigenvalue weighted by molar-refractivity contribution is 5.84. The van der Waals surface area contributed by atoms with Crippen LogP contribution < -0.4 is 5.32 Å². The lowest BCUT2D eigenvalue weighted by atomic mass is 10.0. The Morgan fingerprint density at radius 3 is 2.48 bits per heavy atom. The first-order valence-corrected chi connectivity index (χ1v) is 6.13. The van der Waals surface area contributed by atoms with Crippen LogP contribution in [-0.4, -0.2) is 34.8 Å². The van der Waals surface area contributed by atoms with Crippen LogP contribution in [0.1, 0.15) is 19.5 Å². The highest BCUT2D eigenvalue weighted by Crippen LogP contribution is 2.27. The lowest BCUT2D eigenvalue weighted by Crippen LogP contribution is -2.46. The Morgan fingerprint density at radius 1 is 1.43 bits per heavy atom. The molecule has 0 spiro atoms. The largest absolute Gasteiger partial charge is 0.467 e. The fraction of sp³-hybridized carbons (Fsp3) is 0.583. The van der Waals surface area contributed by atoms with Gasteiger partial charge in [0.1, 0.15) is 12.6 Å². The molecule has 1 amide bonds. The van der Waals surface area contributed by atoms with E-state index in [2.05, 4.69) is 15.2 Å². The first kappa shape index (κ1) is 17.0. The second-order valence-corrected chi connectivity index (χ2v) is 4.71. The SMILES string of the molecule is COC(=O)C(NC(=O)Cn1ccc(C(F)(F)F)n1)C(C)C. The van der Waals surface area contributed by atoms with Gasteiger partial charge in [0, 0.05) is 6.20 Å². The van der Waals surface area contributed by atoms with Gasteiger partial charge in [0.05, 0.1) is 7.11 Å². The van der Waals surface area contributed by atoms with Crippen LogP contribution in [0.5, 0.6) is 0 Å². The fourth-order valence-corrected chi connectivity index (χ4v) is 1.59. The number of nitrogens with one attached hydrogen (secondary N) is 1. The summed E-state index contributed by atoms with van der Waals surface area (Å²) in [4.78, 5) is 23.2. The third-order valence-electron chi connectivity index (χ3n) is 2.67. The Bertz CT molecular complexity index is 511. The summed E-state index contributed by atoms with van der Waals surface area (Å²) in [6.07, 6.45) is -3.51. The van der Waals surface area contributed by atoms with Gasteiger partial charge in [0.15, 0.2) is 5.69 Å². The molecule has 1 unspecified atom stereocenters. The van der Waals surface area contributed by atoms with E-state index < -0.39 is 36.3 Å². The van der Waals surface area contributed by atoms with Crippen molar-refractivity contribution in [1.29, 1.82) is 0 Å². The summed E-state index contributed by atoms with van der Waals surface area (Å²) in [7, 11) is 1.19. The summed E-state index contributed by atoms with van der Waals surface area (Å²) in [5, 5.41) is 5.66. The number of aromatic nitrogens is 2. The minimum Gasteiger partial charge on any atom is -0.467 e. The molecule has 0 saturated heterocycles. The summed E-state index contributed by atoms with van der Waals surface area (Å²) < 4.78 is 42.5. The van der Waals surface area contributed by atoms with Gasteiger partial charge in [-0.05, 0) is 12.0 Å². The van der Waals surface area contributed by atoms with Crippen LogP contribution in [0.3, 0.4) is 0 Å². The van der Waals surface area contributed by atoms with E-state index in [1.54, 1.807) is 13.8 Å². The van der Waals surface area contributed by atoms with Gasteiger partial charge in [-0.1, -0.05) is 13.8 Å². The Morgan fingerprint density at radius 2 is 2.05 bits per heavy atom. The Labute approximate surface area is 119 Å². The van der Waals surface area contributed by atoms with E-state index >= 15 is 0 Å². The summed E-state index contributed by atoms with van der Waals surface area (Å²) in [5.41, 5.74) is -1.08. The molecule has 0 saturated carbocycles. The molecule has 21 heavy (non-hydrogen) atoms. The molecule has 0 aliphatic heterocycles. The van der Waals surface area contributed by atoms with Gasteiger partial charge in [-0.15, -0.1) is 0 Å². The molecule has 0 bridgehead atoms. The van der Waals surface area contributed by atoms with Crippen LogP contribution in [0.25, 0.3) is 0 Å². The molecule has 6 nitrogen and oxygen atoms in total. The normalized spacial score (nSPS) is 13.1. The van der Waals surface area contributed by atoms with Crippen LogP contribution in [0.15, 0.2) is 12.3 Å². The average molecular weight is 307 g/mol. The minimum absolute atomic E-state index is 0.218. The van der Waals surface area contributed by atoms with Crippen LogP contribution in [-0.2, 0) is 27.0 Å². The fourth-order valence-electron chi connectivity index (χ4n) is 1.59. The summed E-state index contributed by atoms with van der Waals surface area (Å²) in [5.74, 6) is -1.46. The van der Waals surface area contributed by atoms with Crippen LogP contribution in [0.2, 0.25) is 0 Å². The molecule has 1 aromatic rings. The van der Waals surface area contributed by atoms with Gasteiger partial charge in [-0.3, -0.25) is 9.48 Å². The molecule has 1 heterocycles. The van der Waals surface area contributed by atoms with E-state index in [-0.39, 0.29) is 5.92 Å². The minimum atomic E-state index is -4.56. The van der Waals surface area contributed by atoms with Crippen molar-refractivity contribution in [2.24, 2.45) is 5.92 Å². The molecule has 0 radical (unpaired) electrons. The van der Waals surface area contributed by atoms with Crippen molar-refractivity contribution in [1.82, 2.24) is 15.1 Å². The molecule has 118 valence electrons. The molecule has 0 aromatic carbocycles. The topological polar surface area (TPSA) is 73.2 Å². The third kappa shape index (κ3) is 4.76. The number of ether oxygens (including phenoxy) is 1. The molecule has 9 heteroatoms. The van der Waals surface area contributed by atoms with Gasteiger partial charge in [0.2, 0.25) is 5.91 Å². The van der Waals surface area contributed by atoms with E-state index in [9.17, 15) is 22.8 Å². The predicted molar refractivity (Wildman–Crippen MR) is 66.0 cm³/mol. The molecular weight excluding hydrogens is 291 g/mol. The van der Waals surface area contributed by atoms with Crippen molar-refractivity contribution in [2.45, 2.75) is 32.6 Å². The number of rotatable bonds is 5. The average Bonchev–Trinajstić information content (AvgIpc) is 2.83. The summed E-state index contributed by atoms with van der Waals surface area (Å²) in [6, 6.07) is -0.0896. The number of alkyl halides is 3. The van der Waals surface area contributed by atoms with Gasteiger partial charge in [0.25, 0.3) is 0 Å². The zero-order valence-electron chi connectivity index (χ0n) is 11.8. The number of carbonyl (C=O) groups is 2. The summed E-state index contributed by atoms with van der Waals surface area (Å²) >= 11 is 0. The zero-order chi connectivity index (χ0) is 16.2. The second-order valence-electron chi connectivity index (χ2n) is 4.71. The standard InChI is InChI=1S/C12H16F3N3O3/c1-7(2)10(11(20)21-3)16-9(19)6-18-5-4-8(17-18)12(13,14)15/h4-5,7,10H,6H2,1-3H3,(H,16,19). The highest BCUT2D eigenvalue weighted by Gasteiger charge is 2.33. The van der Waals surface area contributed by atoms with E-state index in [1.807, 2.05) is 0 Å². The maximum atomic E-state index is 12.4. The van der Waals surface area contributed by atoms with E-state index in [0.717, 1.165) is 16.9 Å². The molecule has 1 aromatic heterocycles. The monoisotopic (exact) mass is 307 g/mol. The molecule has 1 atom stereocenters. The van der Waals surface area contributed by atoms with Crippen molar-refractivity contribution in [2.75, 3.05) is 7.11 Å². The van der Waals surface area contributed by atoms with Crippen molar-refractivity contribution in [3.8, 4) is 0 Å². The highest BCUT2D eigenvalue weighted by atomic mass is 19.4. The van der Waals surface area contributed by atoms with Crippen LogP contribution in [0, 0.1) is 5.92 Å². The number of carbonyl (C=O) groups excluding carboxylic acids is 2. The van der Waals surface area contributed by atoms with Gasteiger partial charge in [-0.25, -0.2) is 4.79 Å². The maximum absolute atomic E-state index is 12.4. The lowest BCUT2D eigenvalue weighted by molar-refractivity contribution is -0.146. The van der Waals surface area contributed by atoms with Crippen molar-refractivity contribution >= 4 is 11.9 Å². The molecular formula is C12H16F3N3O3. The van der Waals surface area contributed by atoms with Gasteiger partial charge < -0.3 is 10.1 Å². The third-order valence-corrected chi connectivity index (χ3v) is 2.67. The van der Waals surface area contributed by atoms with Crippen molar-refractivity contribution < 1.29 is 27.5 Å². The molecule has 0 fully saturated rings. The number of nitrogens with zero attached hydrogens (tertiary/aromatic N) is 2. The molecule has 1 rings (SSSR count). The number of hydrogen-bond acceptors (Lipinski definition) is 4. The number of hydrogen-bond donors (Lipinski definition) is 1. The molecule has 0 aliphatic rings. The maximum Gasteiger partial charge on any atom is 0.435 e. The lowest BCUT2D eigenvalue weighted by Gasteiger charge is -2.19. The van der Waals surface area contributed by atoms with Crippen LogP contribution >= 0.6 is 0 Å². The first-order chi connectivity index (χ1) is 9.65. The Kier molecular flexibility index (Phi) is 5.34. The predicted octanol–water partition coefficient (Wildman–Crippen LogP) is 1.22. The Hall–Kier alpha value is -2.06. The van der Waals surface area contributed by atoms with Crippen molar-refractivity contribution in [3.63, 3.8) is 0 Å². The second kappa shape index (κ2) is 6.59. The number of esters is 1. The number of methoxy groups -OCH3 is 1. The number of amides is 1. The first-order valence-electron chi connectivity index (χ1n) is 6.13. The Balaban J connectivity index is 2.68. The molecule has 0 aliphatic carbocycles. The zero-order valence-corrected chi connectivity index (χ0v) is 11.8. The van der Waals surface area contributed by atoms with Gasteiger partial charge in [-0.2, -0.15) is 18.3 Å². The van der Waals surface area contributed by atoms with E-state index in [4.69, 9.17) is 0 Å². The van der Waals surface area contributed by atoms with Crippen molar-refractivity contribution in [3.05, 3.63) is 18.0 Å². The summed E-state index contributed by atoms with van der Waals surface area (Å²) in [6.45, 7) is 2.99. The van der Waals surface area contributed by atoms with Crippen LogP contribution in [0.4, 0.5) is 13.2 Å².